The zero-order chi connectivity index (χ0) is 31.2. The summed E-state index contributed by atoms with van der Waals surface area (Å²) < 4.78 is 12.3. The van der Waals surface area contributed by atoms with Gasteiger partial charge in [-0.05, 0) is 92.2 Å². The van der Waals surface area contributed by atoms with Crippen LogP contribution in [0.4, 0.5) is 0 Å². The van der Waals surface area contributed by atoms with Crippen LogP contribution in [-0.2, 0) is 19.0 Å². The van der Waals surface area contributed by atoms with Crippen molar-refractivity contribution in [3.05, 3.63) is 76.9 Å². The Balaban J connectivity index is 1.37. The van der Waals surface area contributed by atoms with Crippen molar-refractivity contribution >= 4 is 31.0 Å². The molecule has 44 heavy (non-hydrogen) atoms. The zero-order valence-electron chi connectivity index (χ0n) is 25.1. The number of phenols is 1. The molecular formula is C34H40BNO8. The number of ether oxygens (including phenoxy) is 1. The fraction of sp³-hybridized carbons (Fsp3) is 0.441. The number of hydrogen-bond donors (Lipinski definition) is 3. The van der Waals surface area contributed by atoms with Gasteiger partial charge in [0.2, 0.25) is 11.8 Å². The number of benzene rings is 2. The molecule has 2 aromatic carbocycles. The van der Waals surface area contributed by atoms with Gasteiger partial charge in [0.25, 0.3) is 0 Å². The van der Waals surface area contributed by atoms with Crippen LogP contribution in [0.1, 0.15) is 57.4 Å². The number of allylic oxidation sites excluding steroid dienone is 1. The second-order valence-electron chi connectivity index (χ2n) is 12.1. The van der Waals surface area contributed by atoms with Crippen LogP contribution < -0.4 is 4.74 Å². The summed E-state index contributed by atoms with van der Waals surface area (Å²) in [6.45, 7) is 2.56. The Morgan fingerprint density at radius 2 is 1.77 bits per heavy atom. The number of likely N-dealkylation sites (tertiary alicyclic amines) is 1. The Labute approximate surface area is 258 Å². The standard InChI is InChI=1S/C34H40BNO8/c1-22(18-23-12-14-25(37)15-13-23)11-16-29-31-24(21-43-26-8-4-2-5-9-26)19-27-32(28(31)20-35(42)44-29)34(41)36(33(27)40)17-7-3-6-10-30(38)39/h2,4-5,8-9,12-15,18,27-29,32,37,42H,3,6-7,10-11,16-17,19-21H2,1H3,(H,38,39)/b22-18+/t27-,28+,29-,32-/m1/s1. The number of aliphatic carboxylic acids is 1. The fourth-order valence-electron chi connectivity index (χ4n) is 6.88. The lowest BCUT2D eigenvalue weighted by Gasteiger charge is -2.43. The van der Waals surface area contributed by atoms with Gasteiger partial charge >= 0.3 is 13.1 Å². The summed E-state index contributed by atoms with van der Waals surface area (Å²) >= 11 is 0. The molecule has 2 fully saturated rings. The van der Waals surface area contributed by atoms with Crippen molar-refractivity contribution in [1.82, 2.24) is 4.90 Å². The topological polar surface area (TPSA) is 134 Å². The number of aromatic hydroxyl groups is 1. The molecule has 3 aliphatic rings. The van der Waals surface area contributed by atoms with Gasteiger partial charge in [-0.15, -0.1) is 0 Å². The van der Waals surface area contributed by atoms with E-state index in [0.29, 0.717) is 44.3 Å². The quantitative estimate of drug-likeness (QED) is 0.125. The van der Waals surface area contributed by atoms with Crippen LogP contribution in [0.3, 0.4) is 0 Å². The number of unbranched alkanes of at least 4 members (excludes halogenated alkanes) is 2. The number of carboxylic acid groups (broad SMARTS) is 1. The number of carboxylic acids is 1. The summed E-state index contributed by atoms with van der Waals surface area (Å²) in [5, 5.41) is 29.4. The van der Waals surface area contributed by atoms with E-state index in [4.69, 9.17) is 14.5 Å². The zero-order valence-corrected chi connectivity index (χ0v) is 25.1. The first-order valence-corrected chi connectivity index (χ1v) is 15.5. The minimum absolute atomic E-state index is 0.0656. The van der Waals surface area contributed by atoms with E-state index < -0.39 is 31.0 Å². The number of carbonyl (C=O) groups excluding carboxylic acids is 2. The van der Waals surface area contributed by atoms with Gasteiger partial charge in [-0.1, -0.05) is 48.4 Å². The normalized spacial score (nSPS) is 23.5. The van der Waals surface area contributed by atoms with Crippen molar-refractivity contribution in [3.63, 3.8) is 0 Å². The van der Waals surface area contributed by atoms with Gasteiger partial charge in [0.1, 0.15) is 18.1 Å². The van der Waals surface area contributed by atoms with Crippen LogP contribution >= 0.6 is 0 Å². The average molecular weight is 602 g/mol. The van der Waals surface area contributed by atoms with Crippen molar-refractivity contribution in [2.75, 3.05) is 13.2 Å². The highest BCUT2D eigenvalue weighted by molar-refractivity contribution is 6.43. The summed E-state index contributed by atoms with van der Waals surface area (Å²) in [6, 6.07) is 16.4. The molecule has 0 unspecified atom stereocenters. The molecule has 9 nitrogen and oxygen atoms in total. The number of imide groups is 1. The van der Waals surface area contributed by atoms with Gasteiger partial charge in [0.15, 0.2) is 0 Å². The Kier molecular flexibility index (Phi) is 10.2. The van der Waals surface area contributed by atoms with Crippen molar-refractivity contribution in [1.29, 1.82) is 0 Å². The van der Waals surface area contributed by atoms with Crippen molar-refractivity contribution in [2.24, 2.45) is 17.8 Å². The van der Waals surface area contributed by atoms with Crippen LogP contribution in [0.15, 0.2) is 71.3 Å². The molecule has 0 saturated carbocycles. The number of carbonyl (C=O) groups is 3. The molecule has 232 valence electrons. The Bertz CT molecular complexity index is 1410. The van der Waals surface area contributed by atoms with Gasteiger partial charge < -0.3 is 24.6 Å². The fourth-order valence-corrected chi connectivity index (χ4v) is 6.88. The molecule has 2 heterocycles. The van der Waals surface area contributed by atoms with Crippen LogP contribution in [0.25, 0.3) is 6.08 Å². The molecule has 0 bridgehead atoms. The molecule has 1 aliphatic carbocycles. The number of hydrogen-bond acceptors (Lipinski definition) is 7. The third-order valence-electron chi connectivity index (χ3n) is 8.93. The first-order chi connectivity index (χ1) is 21.2. The van der Waals surface area contributed by atoms with E-state index in [0.717, 1.165) is 22.3 Å². The average Bonchev–Trinajstić information content (AvgIpc) is 3.24. The van der Waals surface area contributed by atoms with Crippen molar-refractivity contribution < 1.29 is 39.0 Å². The number of para-hydroxylation sites is 1. The summed E-state index contributed by atoms with van der Waals surface area (Å²) in [6.07, 6.45) is 5.25. The Morgan fingerprint density at radius 3 is 2.50 bits per heavy atom. The minimum Gasteiger partial charge on any atom is -0.508 e. The molecule has 10 heteroatoms. The molecule has 0 radical (unpaired) electrons. The van der Waals surface area contributed by atoms with Gasteiger partial charge in [0.05, 0.1) is 17.9 Å². The molecule has 2 saturated heterocycles. The molecule has 5 rings (SSSR count). The van der Waals surface area contributed by atoms with E-state index in [1.807, 2.05) is 55.5 Å². The largest absolute Gasteiger partial charge is 0.508 e. The molecular weight excluding hydrogens is 561 g/mol. The third kappa shape index (κ3) is 7.42. The van der Waals surface area contributed by atoms with E-state index >= 15 is 0 Å². The molecule has 2 aromatic rings. The number of nitrogens with zero attached hydrogens (tertiary/aromatic N) is 1. The smallest absolute Gasteiger partial charge is 0.455 e. The molecule has 3 N–H and O–H groups in total. The second kappa shape index (κ2) is 14.3. The lowest BCUT2D eigenvalue weighted by molar-refractivity contribution is -0.141. The third-order valence-corrected chi connectivity index (χ3v) is 8.93. The molecule has 2 amide bonds. The number of amides is 2. The van der Waals surface area contributed by atoms with Crippen LogP contribution in [0.5, 0.6) is 11.5 Å². The van der Waals surface area contributed by atoms with E-state index in [1.54, 1.807) is 12.1 Å². The van der Waals surface area contributed by atoms with Crippen LogP contribution in [0, 0.1) is 17.8 Å². The predicted octanol–water partition coefficient (Wildman–Crippen LogP) is 5.10. The monoisotopic (exact) mass is 601 g/mol. The van der Waals surface area contributed by atoms with Gasteiger partial charge in [0, 0.05) is 13.0 Å². The maximum atomic E-state index is 13.8. The Hall–Kier alpha value is -3.89. The van der Waals surface area contributed by atoms with E-state index in [9.17, 15) is 24.5 Å². The SMILES string of the molecule is C/C(=C\c1ccc(O)cc1)CC[C@H]1OB(O)C[C@H]2C1=C(COc1ccccc1)C[C@H]1C(=O)N(CCCCCC(=O)O)C(=O)[C@H]12. The maximum Gasteiger partial charge on any atom is 0.455 e. The highest BCUT2D eigenvalue weighted by Gasteiger charge is 2.57. The maximum absolute atomic E-state index is 13.8. The highest BCUT2D eigenvalue weighted by Crippen LogP contribution is 2.50. The van der Waals surface area contributed by atoms with Gasteiger partial charge in [-0.2, -0.15) is 0 Å². The summed E-state index contributed by atoms with van der Waals surface area (Å²) in [4.78, 5) is 39.6. The van der Waals surface area contributed by atoms with E-state index in [1.165, 1.54) is 4.90 Å². The summed E-state index contributed by atoms with van der Waals surface area (Å²) in [5.74, 6) is -1.77. The minimum atomic E-state index is -1.06. The Morgan fingerprint density at radius 1 is 1.02 bits per heavy atom. The first kappa shape index (κ1) is 31.5. The van der Waals surface area contributed by atoms with E-state index in [-0.39, 0.29) is 49.4 Å². The second-order valence-corrected chi connectivity index (χ2v) is 12.1. The number of rotatable bonds is 13. The van der Waals surface area contributed by atoms with Crippen LogP contribution in [0.2, 0.25) is 6.32 Å². The molecule has 0 aromatic heterocycles. The molecule has 0 spiro atoms. The predicted molar refractivity (Wildman–Crippen MR) is 166 cm³/mol. The van der Waals surface area contributed by atoms with Crippen molar-refractivity contribution in [2.45, 2.75) is 64.3 Å². The van der Waals surface area contributed by atoms with Gasteiger partial charge in [-0.3, -0.25) is 19.3 Å². The molecule has 2 aliphatic heterocycles. The lowest BCUT2D eigenvalue weighted by Crippen LogP contribution is -2.46. The van der Waals surface area contributed by atoms with Crippen molar-refractivity contribution in [3.8, 4) is 11.5 Å². The van der Waals surface area contributed by atoms with Crippen LogP contribution in [-0.4, -0.2) is 64.3 Å². The lowest BCUT2D eigenvalue weighted by atomic mass is 9.58. The molecule has 4 atom stereocenters. The summed E-state index contributed by atoms with van der Waals surface area (Å²) in [7, 11) is -1.06. The number of phenolic OH excluding ortho intramolecular Hbond substituents is 1. The van der Waals surface area contributed by atoms with Gasteiger partial charge in [-0.25, -0.2) is 0 Å². The van der Waals surface area contributed by atoms with E-state index in [2.05, 4.69) is 0 Å². The first-order valence-electron chi connectivity index (χ1n) is 15.5. The summed E-state index contributed by atoms with van der Waals surface area (Å²) in [5.41, 5.74) is 3.99. The number of fused-ring (bicyclic) bond motifs is 3. The highest BCUT2D eigenvalue weighted by atomic mass is 16.5.